The Kier molecular flexibility index (Phi) is 16.1. The van der Waals surface area contributed by atoms with Crippen LogP contribution in [0.3, 0.4) is 0 Å². The normalized spacial score (nSPS) is 11.3. The maximum atomic E-state index is 10.3. The maximum absolute atomic E-state index is 10.3. The Morgan fingerprint density at radius 1 is 0.882 bits per heavy atom. The van der Waals surface area contributed by atoms with Crippen LogP contribution in [0.15, 0.2) is 52.1 Å². The van der Waals surface area contributed by atoms with Crippen LogP contribution in [-0.4, -0.2) is 11.8 Å². The summed E-state index contributed by atoms with van der Waals surface area (Å²) in [6, 6.07) is 0. The van der Waals surface area contributed by atoms with Gasteiger partial charge in [-0.2, -0.15) is 0 Å². The molecule has 1 aromatic rings. The van der Waals surface area contributed by atoms with Gasteiger partial charge in [0.1, 0.15) is 0 Å². The molecule has 1 rings (SSSR count). The monoisotopic (exact) mass is 465 g/mol. The Morgan fingerprint density at radius 2 is 1.38 bits per heavy atom. The molecule has 1 aromatic carbocycles. The number of hydrogen-bond donors (Lipinski definition) is 1. The molecule has 0 spiro atoms. The van der Waals surface area contributed by atoms with Crippen molar-refractivity contribution < 1.29 is 5.11 Å². The summed E-state index contributed by atoms with van der Waals surface area (Å²) in [4.78, 5) is 4.35. The van der Waals surface area contributed by atoms with E-state index in [4.69, 9.17) is 0 Å². The van der Waals surface area contributed by atoms with Crippen molar-refractivity contribution in [2.24, 2.45) is 4.99 Å². The van der Waals surface area contributed by atoms with Gasteiger partial charge in [0.15, 0.2) is 0 Å². The Hall–Kier alpha value is -2.45. The topological polar surface area (TPSA) is 32.6 Å². The van der Waals surface area contributed by atoms with Crippen LogP contribution in [0, 0.1) is 6.92 Å². The second-order valence-corrected chi connectivity index (χ2v) is 8.21. The molecular weight excluding hydrogens is 414 g/mol. The third-order valence-electron chi connectivity index (χ3n) is 6.16. The molecule has 0 aromatic heterocycles. The first-order valence-electron chi connectivity index (χ1n) is 12.6. The zero-order valence-corrected chi connectivity index (χ0v) is 24.5. The highest BCUT2D eigenvalue weighted by atomic mass is 16.3. The summed E-state index contributed by atoms with van der Waals surface area (Å²) in [5.41, 5.74) is 13.7. The molecule has 0 radical (unpaired) electrons. The molecule has 0 saturated carbocycles. The van der Waals surface area contributed by atoms with Crippen LogP contribution >= 0.6 is 0 Å². The van der Waals surface area contributed by atoms with Crippen molar-refractivity contribution in [2.75, 3.05) is 0 Å². The average molecular weight is 466 g/mol. The highest BCUT2D eigenvalue weighted by molar-refractivity contribution is 5.92. The molecule has 0 aliphatic heterocycles. The van der Waals surface area contributed by atoms with Crippen LogP contribution in [0.2, 0.25) is 0 Å². The molecule has 0 aliphatic rings. The second-order valence-electron chi connectivity index (χ2n) is 8.21. The van der Waals surface area contributed by atoms with E-state index in [0.717, 1.165) is 56.6 Å². The minimum Gasteiger partial charge on any atom is -0.392 e. The van der Waals surface area contributed by atoms with Crippen molar-refractivity contribution in [3.63, 3.8) is 0 Å². The lowest BCUT2D eigenvalue weighted by molar-refractivity contribution is 0.280. The van der Waals surface area contributed by atoms with Crippen molar-refractivity contribution in [3.05, 3.63) is 74.9 Å². The molecule has 2 nitrogen and oxygen atoms in total. The largest absolute Gasteiger partial charge is 0.392 e. The molecular formula is C32H51NO. The van der Waals surface area contributed by atoms with Gasteiger partial charge in [-0.1, -0.05) is 65.0 Å². The lowest BCUT2D eigenvalue weighted by Crippen LogP contribution is -2.09. The van der Waals surface area contributed by atoms with E-state index in [1.165, 1.54) is 22.3 Å². The first kappa shape index (κ1) is 33.7. The third-order valence-corrected chi connectivity index (χ3v) is 6.16. The lowest BCUT2D eigenvalue weighted by atomic mass is 9.79. The van der Waals surface area contributed by atoms with Gasteiger partial charge in [-0.15, -0.1) is 0 Å². The van der Waals surface area contributed by atoms with Gasteiger partial charge in [0.05, 0.1) is 12.3 Å². The number of benzene rings is 1. The van der Waals surface area contributed by atoms with E-state index >= 15 is 0 Å². The van der Waals surface area contributed by atoms with E-state index in [1.807, 2.05) is 34.6 Å². The Labute approximate surface area is 211 Å². The Morgan fingerprint density at radius 3 is 1.71 bits per heavy atom. The molecule has 190 valence electrons. The van der Waals surface area contributed by atoms with E-state index in [-0.39, 0.29) is 6.61 Å². The molecule has 2 heteroatoms. The lowest BCUT2D eigenvalue weighted by Gasteiger charge is -2.26. The van der Waals surface area contributed by atoms with Gasteiger partial charge in [-0.25, -0.2) is 0 Å². The fourth-order valence-corrected chi connectivity index (χ4v) is 4.13. The van der Waals surface area contributed by atoms with Gasteiger partial charge in [0.2, 0.25) is 0 Å². The molecule has 0 unspecified atom stereocenters. The minimum absolute atomic E-state index is 0.0675. The molecule has 0 saturated heterocycles. The van der Waals surface area contributed by atoms with E-state index in [1.54, 1.807) is 0 Å². The van der Waals surface area contributed by atoms with E-state index in [9.17, 15) is 5.11 Å². The van der Waals surface area contributed by atoms with Crippen molar-refractivity contribution >= 4 is 23.6 Å². The average Bonchev–Trinajstić information content (AvgIpc) is 2.84. The SMILES string of the molecule is C=Nc1c(C)c(C(=C)/C(C(C)=C(C)C)=C(C)\C(C)=C/C)c(CC)c(CO)c1C(=C)C.CC.CC. The zero-order chi connectivity index (χ0) is 27.3. The van der Waals surface area contributed by atoms with E-state index in [2.05, 4.69) is 86.3 Å². The summed E-state index contributed by atoms with van der Waals surface area (Å²) in [5, 5.41) is 10.3. The molecule has 0 fully saturated rings. The Bertz CT molecular complexity index is 977. The fraction of sp³-hybridized carbons (Fsp3) is 0.469. The molecule has 0 bridgehead atoms. The molecule has 1 N–H and O–H groups in total. The summed E-state index contributed by atoms with van der Waals surface area (Å²) in [7, 11) is 0. The smallest absolute Gasteiger partial charge is 0.0736 e. The molecule has 0 aliphatic carbocycles. The van der Waals surface area contributed by atoms with Crippen LogP contribution in [0.25, 0.3) is 11.1 Å². The van der Waals surface area contributed by atoms with Crippen molar-refractivity contribution in [3.8, 4) is 0 Å². The van der Waals surface area contributed by atoms with E-state index in [0.29, 0.717) is 0 Å². The predicted octanol–water partition coefficient (Wildman–Crippen LogP) is 10.1. The molecule has 0 atom stereocenters. The van der Waals surface area contributed by atoms with Crippen LogP contribution in [0.1, 0.15) is 111 Å². The quantitative estimate of drug-likeness (QED) is 0.300. The summed E-state index contributed by atoms with van der Waals surface area (Å²) in [6.07, 6.45) is 2.92. The molecule has 0 heterocycles. The van der Waals surface area contributed by atoms with E-state index < -0.39 is 0 Å². The first-order valence-corrected chi connectivity index (χ1v) is 12.6. The molecule has 0 amide bonds. The van der Waals surface area contributed by atoms with Gasteiger partial charge in [0, 0.05) is 5.56 Å². The predicted molar refractivity (Wildman–Crippen MR) is 158 cm³/mol. The fourth-order valence-electron chi connectivity index (χ4n) is 4.13. The highest BCUT2D eigenvalue weighted by Crippen LogP contribution is 2.44. The summed E-state index contributed by atoms with van der Waals surface area (Å²) in [5.74, 6) is 0. The van der Waals surface area contributed by atoms with Crippen molar-refractivity contribution in [2.45, 2.75) is 103 Å². The van der Waals surface area contributed by atoms with Gasteiger partial charge < -0.3 is 5.11 Å². The number of nitrogens with zero attached hydrogens (tertiary/aromatic N) is 1. The highest BCUT2D eigenvalue weighted by Gasteiger charge is 2.24. The number of aliphatic hydroxyl groups is 1. The van der Waals surface area contributed by atoms with Gasteiger partial charge >= 0.3 is 0 Å². The Balaban J connectivity index is 0. The summed E-state index contributed by atoms with van der Waals surface area (Å²) in [6.45, 7) is 39.4. The number of aliphatic imine (C=N–C) groups is 1. The van der Waals surface area contributed by atoms with Gasteiger partial charge in [-0.3, -0.25) is 4.99 Å². The van der Waals surface area contributed by atoms with Crippen LogP contribution in [-0.2, 0) is 13.0 Å². The number of aliphatic hydroxyl groups excluding tert-OH is 1. The van der Waals surface area contributed by atoms with Crippen molar-refractivity contribution in [1.82, 2.24) is 0 Å². The zero-order valence-electron chi connectivity index (χ0n) is 24.5. The maximum Gasteiger partial charge on any atom is 0.0736 e. The number of hydrogen-bond acceptors (Lipinski definition) is 2. The summed E-state index contributed by atoms with van der Waals surface area (Å²) < 4.78 is 0. The van der Waals surface area contributed by atoms with Gasteiger partial charge in [0.25, 0.3) is 0 Å². The van der Waals surface area contributed by atoms with Crippen molar-refractivity contribution in [1.29, 1.82) is 0 Å². The third kappa shape index (κ3) is 7.27. The van der Waals surface area contributed by atoms with Crippen LogP contribution in [0.5, 0.6) is 0 Å². The first-order chi connectivity index (χ1) is 16.0. The summed E-state index contributed by atoms with van der Waals surface area (Å²) >= 11 is 0. The van der Waals surface area contributed by atoms with Crippen LogP contribution < -0.4 is 0 Å². The molecule has 34 heavy (non-hydrogen) atoms. The minimum atomic E-state index is -0.0675. The second kappa shape index (κ2) is 16.2. The van der Waals surface area contributed by atoms with Gasteiger partial charge in [-0.05, 0) is 119 Å². The number of allylic oxidation sites excluding steroid dienone is 8. The van der Waals surface area contributed by atoms with Crippen LogP contribution in [0.4, 0.5) is 5.69 Å². The number of rotatable bonds is 8. The standard InChI is InChI=1S/C28H39NO.2C2H6/c1-13-18(7)20(9)26(19(8)16(3)4)21(10)27-22(11)28(29-12)25(17(5)6)24(15-30)23(27)14-2;2*1-2/h13,30H,5,10,12,14-15H2,1-4,6-9,11H3;2*1-2H3/b18-13-,26-20-;;.